The highest BCUT2D eigenvalue weighted by Gasteiger charge is 2.45. The topological polar surface area (TPSA) is 70.0 Å². The molecule has 0 saturated heterocycles. The molecule has 0 atom stereocenters. The summed E-state index contributed by atoms with van der Waals surface area (Å²) in [5, 5.41) is 12.8. The molecular formula is C13H14BrClN2O2S. The lowest BCUT2D eigenvalue weighted by molar-refractivity contribution is 0.561. The molecule has 1 aliphatic carbocycles. The van der Waals surface area contributed by atoms with Crippen molar-refractivity contribution < 1.29 is 8.42 Å². The van der Waals surface area contributed by atoms with Crippen LogP contribution in [0.2, 0.25) is 5.02 Å². The lowest BCUT2D eigenvalue weighted by Crippen LogP contribution is -2.24. The number of anilines is 1. The molecule has 0 radical (unpaired) electrons. The maximum absolute atomic E-state index is 11.4. The number of nitrogens with zero attached hydrogens (tertiary/aromatic N) is 1. The third-order valence-electron chi connectivity index (χ3n) is 3.34. The summed E-state index contributed by atoms with van der Waals surface area (Å²) < 4.78 is 23.6. The van der Waals surface area contributed by atoms with Gasteiger partial charge >= 0.3 is 0 Å². The Morgan fingerprint density at radius 2 is 2.15 bits per heavy atom. The van der Waals surface area contributed by atoms with Crippen molar-refractivity contribution >= 4 is 43.1 Å². The quantitative estimate of drug-likeness (QED) is 0.855. The van der Waals surface area contributed by atoms with Crippen LogP contribution in [0.5, 0.6) is 0 Å². The van der Waals surface area contributed by atoms with Gasteiger partial charge in [0.05, 0.1) is 17.0 Å². The van der Waals surface area contributed by atoms with E-state index in [9.17, 15) is 8.42 Å². The van der Waals surface area contributed by atoms with E-state index >= 15 is 0 Å². The van der Waals surface area contributed by atoms with E-state index in [2.05, 4.69) is 27.3 Å². The minimum Gasteiger partial charge on any atom is -0.382 e. The first-order valence-corrected chi connectivity index (χ1v) is 9.29. The van der Waals surface area contributed by atoms with Gasteiger partial charge in [0.25, 0.3) is 0 Å². The maximum atomic E-state index is 11.4. The molecule has 1 aromatic rings. The van der Waals surface area contributed by atoms with Crippen LogP contribution in [0.1, 0.15) is 18.4 Å². The number of nitrogens with one attached hydrogen (secondary N) is 1. The molecule has 1 aliphatic rings. The van der Waals surface area contributed by atoms with Crippen molar-refractivity contribution in [1.29, 1.82) is 5.26 Å². The zero-order chi connectivity index (χ0) is 15.0. The smallest absolute Gasteiger partial charge is 0.148 e. The molecule has 0 heterocycles. The molecule has 1 saturated carbocycles. The van der Waals surface area contributed by atoms with Crippen molar-refractivity contribution in [3.63, 3.8) is 0 Å². The lowest BCUT2D eigenvalue weighted by Gasteiger charge is -2.17. The monoisotopic (exact) mass is 376 g/mol. The van der Waals surface area contributed by atoms with E-state index in [4.69, 9.17) is 16.9 Å². The van der Waals surface area contributed by atoms with Gasteiger partial charge in [-0.3, -0.25) is 0 Å². The highest BCUT2D eigenvalue weighted by atomic mass is 79.9. The number of hydrogen-bond acceptors (Lipinski definition) is 4. The predicted octanol–water partition coefficient (Wildman–Crippen LogP) is 3.21. The van der Waals surface area contributed by atoms with Crippen LogP contribution in [0, 0.1) is 16.7 Å². The molecule has 0 spiro atoms. The van der Waals surface area contributed by atoms with Crippen LogP contribution in [0.25, 0.3) is 0 Å². The molecule has 108 valence electrons. The summed E-state index contributed by atoms with van der Waals surface area (Å²) in [4.78, 5) is 0. The molecule has 1 aromatic carbocycles. The Kier molecular flexibility index (Phi) is 4.33. The molecule has 4 nitrogen and oxygen atoms in total. The van der Waals surface area contributed by atoms with Crippen LogP contribution in [0.15, 0.2) is 16.6 Å². The molecule has 1 N–H and O–H groups in total. The van der Waals surface area contributed by atoms with Crippen LogP contribution in [-0.2, 0) is 9.84 Å². The van der Waals surface area contributed by atoms with Gasteiger partial charge < -0.3 is 5.32 Å². The van der Waals surface area contributed by atoms with Crippen molar-refractivity contribution in [3.05, 3.63) is 27.2 Å². The summed E-state index contributed by atoms with van der Waals surface area (Å²) in [6.45, 7) is 0.537. The minimum absolute atomic E-state index is 0.181. The third-order valence-corrected chi connectivity index (χ3v) is 5.32. The molecule has 0 bridgehead atoms. The molecule has 1 fully saturated rings. The van der Waals surface area contributed by atoms with Gasteiger partial charge in [-0.05, 0) is 40.9 Å². The normalized spacial score (nSPS) is 16.5. The summed E-state index contributed by atoms with van der Waals surface area (Å²) in [7, 11) is -2.99. The largest absolute Gasteiger partial charge is 0.382 e. The minimum atomic E-state index is -2.99. The van der Waals surface area contributed by atoms with Crippen molar-refractivity contribution in [3.8, 4) is 6.07 Å². The van der Waals surface area contributed by atoms with Gasteiger partial charge in [-0.25, -0.2) is 8.42 Å². The fourth-order valence-corrected chi connectivity index (χ4v) is 4.68. The summed E-state index contributed by atoms with van der Waals surface area (Å²) in [5.41, 5.74) is 0.913. The number of nitriles is 1. The Morgan fingerprint density at radius 1 is 1.50 bits per heavy atom. The van der Waals surface area contributed by atoms with Crippen molar-refractivity contribution in [2.45, 2.75) is 12.8 Å². The second kappa shape index (κ2) is 5.55. The summed E-state index contributed by atoms with van der Waals surface area (Å²) in [6.07, 6.45) is 3.03. The number of rotatable bonds is 5. The first-order chi connectivity index (χ1) is 9.25. The molecule has 0 aliphatic heterocycles. The molecule has 0 aromatic heterocycles. The fourth-order valence-electron chi connectivity index (χ4n) is 2.22. The van der Waals surface area contributed by atoms with Gasteiger partial charge in [-0.15, -0.1) is 0 Å². The summed E-state index contributed by atoms with van der Waals surface area (Å²) in [6, 6.07) is 5.38. The number of hydrogen-bond donors (Lipinski definition) is 1. The molecule has 20 heavy (non-hydrogen) atoms. The van der Waals surface area contributed by atoms with Gasteiger partial charge in [0.1, 0.15) is 15.9 Å². The van der Waals surface area contributed by atoms with Crippen LogP contribution < -0.4 is 5.32 Å². The van der Waals surface area contributed by atoms with Crippen LogP contribution in [0.3, 0.4) is 0 Å². The average molecular weight is 378 g/mol. The zero-order valence-corrected chi connectivity index (χ0v) is 14.1. The Hall–Kier alpha value is -0.770. The van der Waals surface area contributed by atoms with Gasteiger partial charge in [0.2, 0.25) is 0 Å². The lowest BCUT2D eigenvalue weighted by atomic mass is 10.1. The SMILES string of the molecule is CS(=O)(=O)CC1(CNc2c(Br)cc(Cl)cc2C#N)CC1. The highest BCUT2D eigenvalue weighted by molar-refractivity contribution is 9.10. The molecule has 2 rings (SSSR count). The average Bonchev–Trinajstić information content (AvgIpc) is 3.04. The number of benzene rings is 1. The van der Waals surface area contributed by atoms with Gasteiger partial charge in [-0.2, -0.15) is 5.26 Å². The number of sulfone groups is 1. The Labute approximate surface area is 132 Å². The second-order valence-electron chi connectivity index (χ2n) is 5.35. The van der Waals surface area contributed by atoms with E-state index in [0.717, 1.165) is 12.8 Å². The standard InChI is InChI=1S/C13H14BrClN2O2S/c1-20(18,19)8-13(2-3-13)7-17-12-9(6-16)4-10(15)5-11(12)14/h4-5,17H,2-3,7-8H2,1H3. The van der Waals surface area contributed by atoms with Crippen molar-refractivity contribution in [1.82, 2.24) is 0 Å². The van der Waals surface area contributed by atoms with E-state index in [-0.39, 0.29) is 11.2 Å². The van der Waals surface area contributed by atoms with E-state index < -0.39 is 9.84 Å². The van der Waals surface area contributed by atoms with Crippen LogP contribution in [0.4, 0.5) is 5.69 Å². The molecule has 0 amide bonds. The van der Waals surface area contributed by atoms with Gasteiger partial charge in [0.15, 0.2) is 0 Å². The first-order valence-electron chi connectivity index (χ1n) is 6.05. The van der Waals surface area contributed by atoms with E-state index in [1.54, 1.807) is 12.1 Å². The predicted molar refractivity (Wildman–Crippen MR) is 83.7 cm³/mol. The molecule has 7 heteroatoms. The molecule has 0 unspecified atom stereocenters. The van der Waals surface area contributed by atoms with Crippen LogP contribution in [-0.4, -0.2) is 27.0 Å². The third kappa shape index (κ3) is 3.87. The second-order valence-corrected chi connectivity index (χ2v) is 8.78. The van der Waals surface area contributed by atoms with E-state index in [1.165, 1.54) is 6.26 Å². The zero-order valence-electron chi connectivity index (χ0n) is 10.9. The van der Waals surface area contributed by atoms with Crippen molar-refractivity contribution in [2.75, 3.05) is 23.9 Å². The first kappa shape index (κ1) is 15.6. The Bertz CT molecular complexity index is 678. The van der Waals surface area contributed by atoms with E-state index in [0.29, 0.717) is 27.3 Å². The molecular weight excluding hydrogens is 364 g/mol. The van der Waals surface area contributed by atoms with Gasteiger partial charge in [-0.1, -0.05) is 11.6 Å². The summed E-state index contributed by atoms with van der Waals surface area (Å²) >= 11 is 9.27. The van der Waals surface area contributed by atoms with Crippen LogP contribution >= 0.6 is 27.5 Å². The maximum Gasteiger partial charge on any atom is 0.148 e. The number of halogens is 2. The fraction of sp³-hybridized carbons (Fsp3) is 0.462. The Balaban J connectivity index is 2.15. The highest BCUT2D eigenvalue weighted by Crippen LogP contribution is 2.47. The van der Waals surface area contributed by atoms with E-state index in [1.807, 2.05) is 0 Å². The van der Waals surface area contributed by atoms with Crippen molar-refractivity contribution in [2.24, 2.45) is 5.41 Å². The summed E-state index contributed by atoms with van der Waals surface area (Å²) in [5.74, 6) is 0.181. The van der Waals surface area contributed by atoms with Gasteiger partial charge in [0, 0.05) is 27.7 Å². The Morgan fingerprint density at radius 3 is 2.65 bits per heavy atom.